The Bertz CT molecular complexity index is 761. The van der Waals surface area contributed by atoms with Gasteiger partial charge in [0.15, 0.2) is 5.01 Å². The van der Waals surface area contributed by atoms with Gasteiger partial charge in [0.05, 0.1) is 10.9 Å². The normalized spacial score (nSPS) is 12.5. The summed E-state index contributed by atoms with van der Waals surface area (Å²) in [5.41, 5.74) is 0.758. The fraction of sp³-hybridized carbons (Fsp3) is 0.333. The van der Waals surface area contributed by atoms with Crippen LogP contribution < -0.4 is 5.32 Å². The number of aryl methyl sites for hydroxylation is 1. The number of aromatic nitrogens is 4. The van der Waals surface area contributed by atoms with E-state index in [0.29, 0.717) is 11.6 Å². The van der Waals surface area contributed by atoms with Gasteiger partial charge in [-0.2, -0.15) is 0 Å². The van der Waals surface area contributed by atoms with Crippen molar-refractivity contribution < 1.29 is 4.79 Å². The number of hydrogen-bond donors (Lipinski definition) is 1. The summed E-state index contributed by atoms with van der Waals surface area (Å²) in [7, 11) is 0. The van der Waals surface area contributed by atoms with Crippen LogP contribution in [-0.2, 0) is 13.0 Å². The topological polar surface area (TPSA) is 72.7 Å². The van der Waals surface area contributed by atoms with Crippen molar-refractivity contribution >= 4 is 27.5 Å². The summed E-state index contributed by atoms with van der Waals surface area (Å²) in [6.07, 6.45) is 7.97. The summed E-state index contributed by atoms with van der Waals surface area (Å²) in [4.78, 5) is 24.9. The number of thiazole rings is 1. The van der Waals surface area contributed by atoms with Gasteiger partial charge in [-0.1, -0.05) is 6.92 Å². The highest BCUT2D eigenvalue weighted by atomic mass is 32.1. The van der Waals surface area contributed by atoms with Crippen LogP contribution in [0.25, 0.3) is 10.2 Å². The van der Waals surface area contributed by atoms with Crippen molar-refractivity contribution in [1.82, 2.24) is 24.8 Å². The summed E-state index contributed by atoms with van der Waals surface area (Å²) >= 11 is 1.38. The van der Waals surface area contributed by atoms with E-state index in [1.165, 1.54) is 11.3 Å². The van der Waals surface area contributed by atoms with E-state index in [0.717, 1.165) is 22.5 Å². The predicted octanol–water partition coefficient (Wildman–Crippen LogP) is 2.27. The average Bonchev–Trinajstić information content (AvgIpc) is 3.12. The summed E-state index contributed by atoms with van der Waals surface area (Å²) in [6, 6.07) is 1.86. The Kier molecular flexibility index (Phi) is 4.15. The molecule has 6 nitrogen and oxygen atoms in total. The Balaban J connectivity index is 1.68. The number of carbonyl (C=O) groups is 1. The first-order valence-electron chi connectivity index (χ1n) is 7.18. The van der Waals surface area contributed by atoms with Gasteiger partial charge in [0.1, 0.15) is 11.3 Å². The van der Waals surface area contributed by atoms with Gasteiger partial charge in [-0.3, -0.25) is 9.78 Å². The molecule has 0 aliphatic carbocycles. The monoisotopic (exact) mass is 315 g/mol. The van der Waals surface area contributed by atoms with Crippen LogP contribution in [0.3, 0.4) is 0 Å². The fourth-order valence-electron chi connectivity index (χ4n) is 2.32. The molecule has 0 fully saturated rings. The maximum Gasteiger partial charge on any atom is 0.280 e. The molecule has 3 aromatic rings. The molecular weight excluding hydrogens is 298 g/mol. The third-order valence-electron chi connectivity index (χ3n) is 3.35. The van der Waals surface area contributed by atoms with Crippen molar-refractivity contribution in [2.24, 2.45) is 0 Å². The third-order valence-corrected chi connectivity index (χ3v) is 4.39. The minimum absolute atomic E-state index is 0.00265. The molecule has 22 heavy (non-hydrogen) atoms. The van der Waals surface area contributed by atoms with Gasteiger partial charge in [0, 0.05) is 37.6 Å². The number of amides is 1. The fourth-order valence-corrected chi connectivity index (χ4v) is 3.16. The number of pyridine rings is 1. The Hall–Kier alpha value is -2.28. The number of rotatable bonds is 5. The van der Waals surface area contributed by atoms with Crippen LogP contribution in [0, 0.1) is 0 Å². The molecule has 1 atom stereocenters. The zero-order valence-electron chi connectivity index (χ0n) is 12.5. The minimum Gasteiger partial charge on any atom is -0.346 e. The molecular formula is C15H17N5OS. The van der Waals surface area contributed by atoms with Crippen molar-refractivity contribution in [3.05, 3.63) is 41.7 Å². The molecule has 0 saturated heterocycles. The highest BCUT2D eigenvalue weighted by Gasteiger charge is 2.15. The first kappa shape index (κ1) is 14.6. The van der Waals surface area contributed by atoms with E-state index in [2.05, 4.69) is 31.8 Å². The maximum atomic E-state index is 12.3. The summed E-state index contributed by atoms with van der Waals surface area (Å²) in [5.74, 6) is 0.874. The van der Waals surface area contributed by atoms with Crippen molar-refractivity contribution in [2.75, 3.05) is 0 Å². The molecule has 7 heteroatoms. The van der Waals surface area contributed by atoms with Gasteiger partial charge < -0.3 is 9.88 Å². The Morgan fingerprint density at radius 2 is 2.32 bits per heavy atom. The molecule has 0 radical (unpaired) electrons. The quantitative estimate of drug-likeness (QED) is 0.784. The number of nitrogens with zero attached hydrogens (tertiary/aromatic N) is 4. The van der Waals surface area contributed by atoms with Gasteiger partial charge in [-0.05, 0) is 13.0 Å². The lowest BCUT2D eigenvalue weighted by Gasteiger charge is -2.15. The zero-order chi connectivity index (χ0) is 15.5. The van der Waals surface area contributed by atoms with Crippen LogP contribution in [0.15, 0.2) is 30.9 Å². The van der Waals surface area contributed by atoms with E-state index in [-0.39, 0.29) is 11.9 Å². The average molecular weight is 315 g/mol. The van der Waals surface area contributed by atoms with Gasteiger partial charge in [-0.25, -0.2) is 9.97 Å². The van der Waals surface area contributed by atoms with Crippen LogP contribution in [0.5, 0.6) is 0 Å². The van der Waals surface area contributed by atoms with Gasteiger partial charge >= 0.3 is 0 Å². The molecule has 0 aliphatic rings. The first-order chi connectivity index (χ1) is 10.7. The van der Waals surface area contributed by atoms with Crippen LogP contribution in [0.1, 0.15) is 29.5 Å². The maximum absolute atomic E-state index is 12.3. The van der Waals surface area contributed by atoms with Gasteiger partial charge in [0.25, 0.3) is 5.91 Å². The van der Waals surface area contributed by atoms with E-state index < -0.39 is 0 Å². The second kappa shape index (κ2) is 6.23. The van der Waals surface area contributed by atoms with Crippen LogP contribution in [0.4, 0.5) is 0 Å². The molecule has 1 N–H and O–H groups in total. The third kappa shape index (κ3) is 2.99. The highest BCUT2D eigenvalue weighted by Crippen LogP contribution is 2.20. The molecule has 0 bridgehead atoms. The van der Waals surface area contributed by atoms with Crippen LogP contribution in [-0.4, -0.2) is 31.5 Å². The standard InChI is InChI=1S/C15H17N5OS/c1-3-13-17-6-7-20(13)9-10(2)18-14(21)15-19-11-8-16-5-4-12(11)22-15/h4-8,10H,3,9H2,1-2H3,(H,18,21). The lowest BCUT2D eigenvalue weighted by Crippen LogP contribution is -2.35. The van der Waals surface area contributed by atoms with E-state index in [4.69, 9.17) is 0 Å². The summed E-state index contributed by atoms with van der Waals surface area (Å²) in [6.45, 7) is 4.74. The minimum atomic E-state index is -0.146. The highest BCUT2D eigenvalue weighted by molar-refractivity contribution is 7.20. The van der Waals surface area contributed by atoms with Crippen LogP contribution >= 0.6 is 11.3 Å². The lowest BCUT2D eigenvalue weighted by molar-refractivity contribution is 0.0936. The largest absolute Gasteiger partial charge is 0.346 e. The van der Waals surface area contributed by atoms with E-state index in [1.807, 2.05) is 19.2 Å². The first-order valence-corrected chi connectivity index (χ1v) is 8.00. The molecule has 3 heterocycles. The number of fused-ring (bicyclic) bond motifs is 1. The van der Waals surface area contributed by atoms with Crippen LogP contribution in [0.2, 0.25) is 0 Å². The summed E-state index contributed by atoms with van der Waals surface area (Å²) < 4.78 is 3.03. The zero-order valence-corrected chi connectivity index (χ0v) is 13.3. The molecule has 0 saturated carbocycles. The van der Waals surface area contributed by atoms with E-state index in [9.17, 15) is 4.79 Å². The van der Waals surface area contributed by atoms with Crippen molar-refractivity contribution in [3.8, 4) is 0 Å². The smallest absolute Gasteiger partial charge is 0.280 e. The second-order valence-electron chi connectivity index (χ2n) is 5.09. The van der Waals surface area contributed by atoms with Gasteiger partial charge in [0.2, 0.25) is 0 Å². The number of carbonyl (C=O) groups excluding carboxylic acids is 1. The Labute approximate surface area is 132 Å². The number of nitrogens with one attached hydrogen (secondary N) is 1. The molecule has 0 aliphatic heterocycles. The summed E-state index contributed by atoms with van der Waals surface area (Å²) in [5, 5.41) is 3.46. The molecule has 114 valence electrons. The molecule has 0 spiro atoms. The molecule has 1 unspecified atom stereocenters. The number of hydrogen-bond acceptors (Lipinski definition) is 5. The Morgan fingerprint density at radius 3 is 3.09 bits per heavy atom. The van der Waals surface area contributed by atoms with Crippen molar-refractivity contribution in [3.63, 3.8) is 0 Å². The second-order valence-corrected chi connectivity index (χ2v) is 6.12. The predicted molar refractivity (Wildman–Crippen MR) is 85.9 cm³/mol. The molecule has 1 amide bonds. The molecule has 0 aromatic carbocycles. The van der Waals surface area contributed by atoms with Crippen molar-refractivity contribution in [2.45, 2.75) is 32.9 Å². The Morgan fingerprint density at radius 1 is 1.45 bits per heavy atom. The van der Waals surface area contributed by atoms with E-state index in [1.54, 1.807) is 18.6 Å². The van der Waals surface area contributed by atoms with Crippen molar-refractivity contribution in [1.29, 1.82) is 0 Å². The van der Waals surface area contributed by atoms with E-state index >= 15 is 0 Å². The number of imidazole rings is 1. The van der Waals surface area contributed by atoms with Gasteiger partial charge in [-0.15, -0.1) is 11.3 Å². The molecule has 3 aromatic heterocycles. The molecule has 3 rings (SSSR count). The SMILES string of the molecule is CCc1nccn1CC(C)NC(=O)c1nc2cnccc2s1. The lowest BCUT2D eigenvalue weighted by atomic mass is 10.3.